The van der Waals surface area contributed by atoms with Crippen molar-refractivity contribution in [1.82, 2.24) is 0 Å². The summed E-state index contributed by atoms with van der Waals surface area (Å²) in [5.74, 6) is 0. The quantitative estimate of drug-likeness (QED) is 0.656. The predicted octanol–water partition coefficient (Wildman–Crippen LogP) is 4.43. The van der Waals surface area contributed by atoms with E-state index in [1.54, 1.807) is 13.0 Å². The van der Waals surface area contributed by atoms with Gasteiger partial charge in [0.05, 0.1) is 5.56 Å². The van der Waals surface area contributed by atoms with Gasteiger partial charge in [-0.2, -0.15) is 13.2 Å². The lowest BCUT2D eigenvalue weighted by Gasteiger charge is -2.10. The van der Waals surface area contributed by atoms with E-state index in [0.717, 1.165) is 12.1 Å². The first kappa shape index (κ1) is 12.1. The van der Waals surface area contributed by atoms with Gasteiger partial charge >= 0.3 is 6.18 Å². The minimum Gasteiger partial charge on any atom is -0.166 e. The number of rotatable bonds is 1. The van der Waals surface area contributed by atoms with Crippen molar-refractivity contribution >= 4 is 34.4 Å². The number of aryl methyl sites for hydroxylation is 1. The average molecular weight is 261 g/mol. The van der Waals surface area contributed by atoms with Gasteiger partial charge in [-0.1, -0.05) is 22.5 Å². The molecule has 0 heterocycles. The van der Waals surface area contributed by atoms with Gasteiger partial charge in [0, 0.05) is 5.30 Å². The molecule has 0 aromatic heterocycles. The lowest BCUT2D eigenvalue weighted by atomic mass is 10.1. The zero-order valence-corrected chi connectivity index (χ0v) is 9.48. The molecule has 0 aliphatic heterocycles. The summed E-state index contributed by atoms with van der Waals surface area (Å²) < 4.78 is 37.0. The third-order valence-corrected chi connectivity index (χ3v) is 3.40. The van der Waals surface area contributed by atoms with Gasteiger partial charge in [-0.3, -0.25) is 0 Å². The van der Waals surface area contributed by atoms with Gasteiger partial charge in [-0.25, -0.2) is 0 Å². The molecule has 0 unspecified atom stereocenters. The molecule has 1 aromatic carbocycles. The summed E-state index contributed by atoms with van der Waals surface area (Å²) in [5.41, 5.74) is -0.204. The van der Waals surface area contributed by atoms with E-state index < -0.39 is 18.4 Å². The highest BCUT2D eigenvalue weighted by Crippen LogP contribution is 2.46. The largest absolute Gasteiger partial charge is 0.416 e. The van der Waals surface area contributed by atoms with Crippen molar-refractivity contribution in [1.29, 1.82) is 0 Å². The summed E-state index contributed by atoms with van der Waals surface area (Å²) in [6, 6.07) is 3.61. The second kappa shape index (κ2) is 4.26. The molecule has 6 heteroatoms. The molecule has 0 atom stereocenters. The van der Waals surface area contributed by atoms with Crippen molar-refractivity contribution in [2.24, 2.45) is 0 Å². The van der Waals surface area contributed by atoms with Crippen molar-refractivity contribution < 1.29 is 13.2 Å². The second-order valence-electron chi connectivity index (χ2n) is 2.79. The van der Waals surface area contributed by atoms with Gasteiger partial charge in [0.25, 0.3) is 0 Å². The first-order valence-electron chi connectivity index (χ1n) is 3.61. The second-order valence-corrected chi connectivity index (χ2v) is 6.32. The van der Waals surface area contributed by atoms with Crippen LogP contribution < -0.4 is 5.30 Å². The standard InChI is InChI=1S/C8H6Cl2F3P/c1-5-2-6(8(11,12)13)4-7(3-5)14(9)10/h2-4H,1H3. The van der Waals surface area contributed by atoms with Crippen LogP contribution in [0.2, 0.25) is 0 Å². The fourth-order valence-electron chi connectivity index (χ4n) is 1.02. The average Bonchev–Trinajstić information content (AvgIpc) is 2.01. The van der Waals surface area contributed by atoms with Crippen LogP contribution in [0.3, 0.4) is 0 Å². The Labute approximate surface area is 90.3 Å². The van der Waals surface area contributed by atoms with E-state index in [1.165, 1.54) is 0 Å². The van der Waals surface area contributed by atoms with Crippen LogP contribution in [0.5, 0.6) is 0 Å². The molecule has 0 aliphatic carbocycles. The maximum Gasteiger partial charge on any atom is 0.416 e. The molecule has 78 valence electrons. The molecule has 14 heavy (non-hydrogen) atoms. The summed E-state index contributed by atoms with van der Waals surface area (Å²) in [7, 11) is 0. The molecule has 1 aromatic rings. The van der Waals surface area contributed by atoms with Crippen LogP contribution in [-0.4, -0.2) is 0 Å². The smallest absolute Gasteiger partial charge is 0.166 e. The van der Waals surface area contributed by atoms with Crippen LogP contribution in [0, 0.1) is 6.92 Å². The van der Waals surface area contributed by atoms with Crippen LogP contribution in [0.4, 0.5) is 13.2 Å². The Morgan fingerprint density at radius 1 is 1.14 bits per heavy atom. The van der Waals surface area contributed by atoms with Gasteiger partial charge in [0.15, 0.2) is 0 Å². The van der Waals surface area contributed by atoms with Gasteiger partial charge in [-0.05, 0) is 30.7 Å². The van der Waals surface area contributed by atoms with E-state index in [9.17, 15) is 13.2 Å². The van der Waals surface area contributed by atoms with Crippen molar-refractivity contribution in [3.05, 3.63) is 29.3 Å². The van der Waals surface area contributed by atoms with Crippen LogP contribution in [-0.2, 0) is 6.18 Å². The van der Waals surface area contributed by atoms with Crippen LogP contribution in [0.1, 0.15) is 11.1 Å². The number of benzene rings is 1. The summed E-state index contributed by atoms with van der Waals surface area (Å²) >= 11 is 11.1. The molecule has 0 nitrogen and oxygen atoms in total. The van der Waals surface area contributed by atoms with Gasteiger partial charge in [0.1, 0.15) is 6.63 Å². The first-order chi connectivity index (χ1) is 6.30. The van der Waals surface area contributed by atoms with Crippen molar-refractivity contribution in [2.45, 2.75) is 13.1 Å². The summed E-state index contributed by atoms with van der Waals surface area (Å²) in [6.07, 6.45) is -4.35. The maximum absolute atomic E-state index is 12.3. The third kappa shape index (κ3) is 3.01. The summed E-state index contributed by atoms with van der Waals surface area (Å²) in [6.45, 7) is 0.0441. The van der Waals surface area contributed by atoms with E-state index in [0.29, 0.717) is 10.9 Å². The van der Waals surface area contributed by atoms with Gasteiger partial charge in [-0.15, -0.1) is 0 Å². The molecule has 0 N–H and O–H groups in total. The lowest BCUT2D eigenvalue weighted by molar-refractivity contribution is -0.137. The molecule has 0 saturated heterocycles. The van der Waals surface area contributed by atoms with Crippen LogP contribution in [0.15, 0.2) is 18.2 Å². The molecule has 0 spiro atoms. The monoisotopic (exact) mass is 260 g/mol. The SMILES string of the molecule is Cc1cc(P(Cl)Cl)cc(C(F)(F)F)c1. The van der Waals surface area contributed by atoms with Gasteiger partial charge < -0.3 is 0 Å². The highest BCUT2D eigenvalue weighted by atomic mass is 35.9. The van der Waals surface area contributed by atoms with Crippen LogP contribution in [0.25, 0.3) is 0 Å². The molecular weight excluding hydrogens is 255 g/mol. The Kier molecular flexibility index (Phi) is 3.68. The molecule has 0 aliphatic rings. The molecule has 0 bridgehead atoms. The number of halogens is 5. The summed E-state index contributed by atoms with van der Waals surface area (Å²) in [5, 5.41) is 0.329. The maximum atomic E-state index is 12.3. The number of alkyl halides is 3. The Morgan fingerprint density at radius 3 is 2.14 bits per heavy atom. The zero-order valence-electron chi connectivity index (χ0n) is 7.07. The molecular formula is C8H6Cl2F3P. The Bertz CT molecular complexity index is 336. The summed E-state index contributed by atoms with van der Waals surface area (Å²) in [4.78, 5) is 0. The molecule has 0 saturated carbocycles. The van der Waals surface area contributed by atoms with E-state index in [-0.39, 0.29) is 0 Å². The normalized spacial score (nSPS) is 12.2. The van der Waals surface area contributed by atoms with E-state index in [2.05, 4.69) is 0 Å². The van der Waals surface area contributed by atoms with Crippen molar-refractivity contribution in [3.63, 3.8) is 0 Å². The molecule has 0 radical (unpaired) electrons. The minimum absolute atomic E-state index is 0.329. The highest BCUT2D eigenvalue weighted by Gasteiger charge is 2.31. The van der Waals surface area contributed by atoms with E-state index in [4.69, 9.17) is 22.5 Å². The highest BCUT2D eigenvalue weighted by molar-refractivity contribution is 8.08. The predicted molar refractivity (Wildman–Crippen MR) is 54.4 cm³/mol. The molecule has 0 fully saturated rings. The Morgan fingerprint density at radius 2 is 1.71 bits per heavy atom. The Balaban J connectivity index is 3.21. The first-order valence-corrected chi connectivity index (χ1v) is 6.76. The van der Waals surface area contributed by atoms with Crippen LogP contribution >= 0.6 is 29.1 Å². The topological polar surface area (TPSA) is 0 Å². The fraction of sp³-hybridized carbons (Fsp3) is 0.250. The lowest BCUT2D eigenvalue weighted by Crippen LogP contribution is -2.09. The van der Waals surface area contributed by atoms with Gasteiger partial charge in [0.2, 0.25) is 0 Å². The van der Waals surface area contributed by atoms with E-state index >= 15 is 0 Å². The zero-order chi connectivity index (χ0) is 10.9. The minimum atomic E-state index is -4.35. The number of hydrogen-bond donors (Lipinski definition) is 0. The molecule has 1 rings (SSSR count). The fourth-order valence-corrected chi connectivity index (χ4v) is 2.15. The van der Waals surface area contributed by atoms with E-state index in [1.807, 2.05) is 0 Å². The van der Waals surface area contributed by atoms with Crippen molar-refractivity contribution in [3.8, 4) is 0 Å². The Hall–Kier alpha value is 0.0200. The third-order valence-electron chi connectivity index (χ3n) is 1.58. The molecule has 0 amide bonds. The number of hydrogen-bond acceptors (Lipinski definition) is 0. The van der Waals surface area contributed by atoms with Crippen molar-refractivity contribution in [2.75, 3.05) is 0 Å².